The number of hydrogen-bond acceptors (Lipinski definition) is 8. The van der Waals surface area contributed by atoms with Crippen molar-refractivity contribution in [1.29, 1.82) is 0 Å². The number of nitrogens with one attached hydrogen (secondary N) is 1. The number of pyridine rings is 1. The Kier molecular flexibility index (Phi) is 9.85. The quantitative estimate of drug-likeness (QED) is 0.374. The molecule has 1 aliphatic heterocycles. The Morgan fingerprint density at radius 1 is 1.16 bits per heavy atom. The maximum absolute atomic E-state index is 12.8. The summed E-state index contributed by atoms with van der Waals surface area (Å²) >= 11 is 0. The van der Waals surface area contributed by atoms with Gasteiger partial charge in [0.1, 0.15) is 6.33 Å². The van der Waals surface area contributed by atoms with Crippen LogP contribution in [0.25, 0.3) is 0 Å². The van der Waals surface area contributed by atoms with Crippen LogP contribution in [0.5, 0.6) is 0 Å². The Labute approximate surface area is 224 Å². The predicted molar refractivity (Wildman–Crippen MR) is 146 cm³/mol. The first kappa shape index (κ1) is 27.3. The van der Waals surface area contributed by atoms with Crippen molar-refractivity contribution in [1.82, 2.24) is 40.3 Å². The third kappa shape index (κ3) is 6.97. The van der Waals surface area contributed by atoms with E-state index in [0.717, 1.165) is 18.7 Å². The SMILES string of the molecule is C/C=C\C(=C/C)C(c1ccccc1)N1CCN(C(N)c2cccnc2)CC1CNC(=O)CCn1cnnn1. The van der Waals surface area contributed by atoms with Crippen molar-refractivity contribution in [3.8, 4) is 0 Å². The Balaban J connectivity index is 1.56. The van der Waals surface area contributed by atoms with E-state index in [2.05, 4.69) is 85.0 Å². The summed E-state index contributed by atoms with van der Waals surface area (Å²) in [6.45, 7) is 7.36. The second-order valence-electron chi connectivity index (χ2n) is 9.35. The van der Waals surface area contributed by atoms with Gasteiger partial charge in [-0.05, 0) is 41.5 Å². The van der Waals surface area contributed by atoms with Crippen LogP contribution in [0.1, 0.15) is 43.6 Å². The number of hydrogen-bond donors (Lipinski definition) is 2. The number of tetrazole rings is 1. The third-order valence-electron chi connectivity index (χ3n) is 6.93. The van der Waals surface area contributed by atoms with Gasteiger partial charge in [-0.15, -0.1) is 5.10 Å². The van der Waals surface area contributed by atoms with Gasteiger partial charge in [0.25, 0.3) is 0 Å². The molecule has 10 nitrogen and oxygen atoms in total. The van der Waals surface area contributed by atoms with E-state index in [4.69, 9.17) is 5.73 Å². The summed E-state index contributed by atoms with van der Waals surface area (Å²) in [5.74, 6) is -0.0369. The van der Waals surface area contributed by atoms with Crippen molar-refractivity contribution in [2.24, 2.45) is 5.73 Å². The van der Waals surface area contributed by atoms with Crippen LogP contribution >= 0.6 is 0 Å². The van der Waals surface area contributed by atoms with Gasteiger partial charge in [0.15, 0.2) is 0 Å². The van der Waals surface area contributed by atoms with E-state index in [1.807, 2.05) is 31.3 Å². The van der Waals surface area contributed by atoms with Gasteiger partial charge < -0.3 is 11.1 Å². The molecule has 1 aliphatic rings. The summed E-state index contributed by atoms with van der Waals surface area (Å²) in [5.41, 5.74) is 10.1. The molecule has 3 atom stereocenters. The lowest BCUT2D eigenvalue weighted by atomic mass is 9.93. The molecule has 1 fully saturated rings. The number of piperazine rings is 1. The van der Waals surface area contributed by atoms with E-state index in [9.17, 15) is 4.79 Å². The maximum atomic E-state index is 12.8. The minimum Gasteiger partial charge on any atom is -0.354 e. The molecule has 3 heterocycles. The minimum atomic E-state index is -0.268. The zero-order valence-corrected chi connectivity index (χ0v) is 22.1. The molecule has 0 aliphatic carbocycles. The molecular formula is C28H37N9O. The van der Waals surface area contributed by atoms with Crippen molar-refractivity contribution in [2.45, 2.75) is 45.1 Å². The smallest absolute Gasteiger partial charge is 0.221 e. The third-order valence-corrected chi connectivity index (χ3v) is 6.93. The molecule has 0 bridgehead atoms. The van der Waals surface area contributed by atoms with Gasteiger partial charge >= 0.3 is 0 Å². The zero-order valence-electron chi connectivity index (χ0n) is 22.1. The number of aryl methyl sites for hydroxylation is 1. The van der Waals surface area contributed by atoms with Crippen molar-refractivity contribution in [3.63, 3.8) is 0 Å². The molecule has 1 saturated heterocycles. The highest BCUT2D eigenvalue weighted by Gasteiger charge is 2.36. The van der Waals surface area contributed by atoms with Crippen molar-refractivity contribution < 1.29 is 4.79 Å². The number of rotatable bonds is 11. The van der Waals surface area contributed by atoms with Crippen LogP contribution in [0.3, 0.4) is 0 Å². The molecule has 0 spiro atoms. The predicted octanol–water partition coefficient (Wildman–Crippen LogP) is 2.48. The summed E-state index contributed by atoms with van der Waals surface area (Å²) < 4.78 is 1.56. The molecule has 10 heteroatoms. The van der Waals surface area contributed by atoms with Crippen LogP contribution in [0.4, 0.5) is 0 Å². The van der Waals surface area contributed by atoms with Crippen LogP contribution in [0.2, 0.25) is 0 Å². The average molecular weight is 516 g/mol. The molecule has 200 valence electrons. The van der Waals surface area contributed by atoms with Gasteiger partial charge in [0.2, 0.25) is 5.91 Å². The van der Waals surface area contributed by atoms with E-state index in [-0.39, 0.29) is 24.2 Å². The van der Waals surface area contributed by atoms with Gasteiger partial charge in [-0.1, -0.05) is 54.6 Å². The number of carbonyl (C=O) groups is 1. The molecule has 0 saturated carbocycles. The maximum Gasteiger partial charge on any atom is 0.221 e. The number of nitrogens with two attached hydrogens (primary N) is 1. The molecule has 1 amide bonds. The molecule has 3 aromatic rings. The fraction of sp³-hybridized carbons (Fsp3) is 0.393. The normalized spacial score (nSPS) is 18.9. The Hall–Kier alpha value is -3.73. The molecule has 4 rings (SSSR count). The fourth-order valence-corrected chi connectivity index (χ4v) is 5.00. The summed E-state index contributed by atoms with van der Waals surface area (Å²) in [5, 5.41) is 14.3. The Bertz CT molecular complexity index is 1180. The number of nitrogens with zero attached hydrogens (tertiary/aromatic N) is 7. The second kappa shape index (κ2) is 13.7. The van der Waals surface area contributed by atoms with Gasteiger partial charge in [-0.25, -0.2) is 4.68 Å². The lowest BCUT2D eigenvalue weighted by Crippen LogP contribution is -2.59. The summed E-state index contributed by atoms with van der Waals surface area (Å²) in [6, 6.07) is 14.6. The number of aromatic nitrogens is 5. The highest BCUT2D eigenvalue weighted by Crippen LogP contribution is 2.33. The molecular weight excluding hydrogens is 478 g/mol. The topological polar surface area (TPSA) is 118 Å². The van der Waals surface area contributed by atoms with Crippen LogP contribution in [0.15, 0.2) is 85.0 Å². The number of carbonyl (C=O) groups excluding carboxylic acids is 1. The summed E-state index contributed by atoms with van der Waals surface area (Å²) in [6.07, 6.45) is 11.6. The Morgan fingerprint density at radius 3 is 2.66 bits per heavy atom. The second-order valence-corrected chi connectivity index (χ2v) is 9.35. The van der Waals surface area contributed by atoms with Crippen LogP contribution in [-0.2, 0) is 11.3 Å². The highest BCUT2D eigenvalue weighted by atomic mass is 16.1. The summed E-state index contributed by atoms with van der Waals surface area (Å²) in [7, 11) is 0. The van der Waals surface area contributed by atoms with E-state index in [1.165, 1.54) is 17.5 Å². The van der Waals surface area contributed by atoms with Crippen molar-refractivity contribution in [2.75, 3.05) is 26.2 Å². The average Bonchev–Trinajstić information content (AvgIpc) is 3.49. The van der Waals surface area contributed by atoms with E-state index < -0.39 is 0 Å². The standard InChI is InChI=1S/C28H37N9O/c1-3-9-22(4-2)27(23-10-6-5-7-11-23)37-17-16-35(28(29)24-12-8-14-30-18-24)20-25(37)19-31-26(38)13-15-36-21-32-33-34-36/h3-12,14,18,21,25,27-28H,13,15-17,19-20,29H2,1-2H3,(H,31,38)/b9-3-,22-4+. The molecule has 1 aromatic carbocycles. The molecule has 3 unspecified atom stereocenters. The first-order valence-corrected chi connectivity index (χ1v) is 13.1. The van der Waals surface area contributed by atoms with Gasteiger partial charge in [-0.3, -0.25) is 19.6 Å². The van der Waals surface area contributed by atoms with Gasteiger partial charge in [-0.2, -0.15) is 0 Å². The van der Waals surface area contributed by atoms with Gasteiger partial charge in [0, 0.05) is 56.6 Å². The molecule has 3 N–H and O–H groups in total. The lowest BCUT2D eigenvalue weighted by Gasteiger charge is -2.47. The van der Waals surface area contributed by atoms with Crippen molar-refractivity contribution >= 4 is 5.91 Å². The number of amides is 1. The van der Waals surface area contributed by atoms with Crippen molar-refractivity contribution in [3.05, 3.63) is 96.1 Å². The number of allylic oxidation sites excluding steroid dienone is 2. The molecule has 0 radical (unpaired) electrons. The first-order valence-electron chi connectivity index (χ1n) is 13.1. The van der Waals surface area contributed by atoms with E-state index in [1.54, 1.807) is 10.9 Å². The Morgan fingerprint density at radius 2 is 1.97 bits per heavy atom. The number of benzene rings is 1. The monoisotopic (exact) mass is 515 g/mol. The fourth-order valence-electron chi connectivity index (χ4n) is 5.00. The molecule has 38 heavy (non-hydrogen) atoms. The largest absolute Gasteiger partial charge is 0.354 e. The molecule has 2 aromatic heterocycles. The highest BCUT2D eigenvalue weighted by molar-refractivity contribution is 5.75. The zero-order chi connectivity index (χ0) is 26.7. The van der Waals surface area contributed by atoms with Crippen LogP contribution in [-0.4, -0.2) is 73.1 Å². The lowest BCUT2D eigenvalue weighted by molar-refractivity contribution is -0.121. The summed E-state index contributed by atoms with van der Waals surface area (Å²) in [4.78, 5) is 21.8. The van der Waals surface area contributed by atoms with E-state index in [0.29, 0.717) is 26.1 Å². The van der Waals surface area contributed by atoms with Gasteiger partial charge in [0.05, 0.1) is 18.8 Å². The van der Waals surface area contributed by atoms with Crippen LogP contribution in [0, 0.1) is 0 Å². The van der Waals surface area contributed by atoms with Crippen LogP contribution < -0.4 is 11.1 Å². The van der Waals surface area contributed by atoms with E-state index >= 15 is 0 Å². The first-order chi connectivity index (χ1) is 18.6. The minimum absolute atomic E-state index is 0.0360.